The van der Waals surface area contributed by atoms with Crippen LogP contribution in [0.4, 0.5) is 0 Å². The number of carbonyl (C=O) groups excluding carboxylic acids is 1. The van der Waals surface area contributed by atoms with E-state index in [-0.39, 0.29) is 17.3 Å². The van der Waals surface area contributed by atoms with Crippen LogP contribution in [0.1, 0.15) is 39.0 Å². The van der Waals surface area contributed by atoms with Crippen molar-refractivity contribution >= 4 is 27.3 Å². The van der Waals surface area contributed by atoms with Crippen LogP contribution in [0.2, 0.25) is 0 Å². The van der Waals surface area contributed by atoms with E-state index in [1.165, 1.54) is 35.3 Å². The van der Waals surface area contributed by atoms with Crippen LogP contribution in [-0.2, 0) is 23.0 Å². The summed E-state index contributed by atoms with van der Waals surface area (Å²) in [6.45, 7) is 4.30. The van der Waals surface area contributed by atoms with E-state index in [2.05, 4.69) is 12.2 Å². The Bertz CT molecular complexity index is 855. The molecule has 1 aromatic carbocycles. The van der Waals surface area contributed by atoms with Crippen LogP contribution < -0.4 is 5.32 Å². The number of benzene rings is 1. The quantitative estimate of drug-likeness (QED) is 0.802. The number of nitrogens with zero attached hydrogens (tertiary/aromatic N) is 1. The van der Waals surface area contributed by atoms with Gasteiger partial charge in [-0.25, -0.2) is 12.7 Å². The van der Waals surface area contributed by atoms with Gasteiger partial charge in [0, 0.05) is 25.5 Å². The predicted octanol–water partition coefficient (Wildman–Crippen LogP) is 3.19. The Morgan fingerprint density at radius 1 is 1.20 bits per heavy atom. The fraction of sp³-hybridized carbons (Fsp3) is 0.389. The van der Waals surface area contributed by atoms with Gasteiger partial charge in [-0.15, -0.1) is 11.3 Å². The third-order valence-corrected chi connectivity index (χ3v) is 6.94. The first kappa shape index (κ1) is 19.6. The molecule has 0 aliphatic carbocycles. The average Bonchev–Trinajstić information content (AvgIpc) is 2.94. The van der Waals surface area contributed by atoms with Crippen molar-refractivity contribution in [2.75, 3.05) is 14.1 Å². The van der Waals surface area contributed by atoms with Gasteiger partial charge in [-0.2, -0.15) is 0 Å². The van der Waals surface area contributed by atoms with E-state index in [1.54, 1.807) is 24.3 Å². The van der Waals surface area contributed by atoms with Gasteiger partial charge in [-0.05, 0) is 36.6 Å². The number of sulfonamides is 1. The molecule has 1 aromatic heterocycles. The van der Waals surface area contributed by atoms with Crippen LogP contribution >= 0.6 is 11.3 Å². The SMILES string of the molecule is CCCc1cc(C(=O)NCc2ccccc2S(=O)(=O)N(C)C)sc1C. The molecule has 1 N–H and O–H groups in total. The molecule has 0 spiro atoms. The number of aryl methyl sites for hydroxylation is 2. The molecule has 0 unspecified atom stereocenters. The second-order valence-electron chi connectivity index (χ2n) is 6.02. The summed E-state index contributed by atoms with van der Waals surface area (Å²) >= 11 is 1.47. The summed E-state index contributed by atoms with van der Waals surface area (Å²) < 4.78 is 26.0. The van der Waals surface area contributed by atoms with E-state index in [1.807, 2.05) is 13.0 Å². The predicted molar refractivity (Wildman–Crippen MR) is 102 cm³/mol. The highest BCUT2D eigenvalue weighted by Gasteiger charge is 2.21. The molecule has 0 saturated heterocycles. The summed E-state index contributed by atoms with van der Waals surface area (Å²) in [5.74, 6) is -0.174. The number of amides is 1. The Morgan fingerprint density at radius 2 is 1.88 bits per heavy atom. The summed E-state index contributed by atoms with van der Waals surface area (Å²) in [7, 11) is -0.557. The molecule has 0 aliphatic heterocycles. The Kier molecular flexibility index (Phi) is 6.37. The second-order valence-corrected chi connectivity index (χ2v) is 9.40. The molecule has 2 aromatic rings. The standard InChI is InChI=1S/C18H24N2O3S2/c1-5-8-14-11-16(24-13(14)2)18(21)19-12-15-9-6-7-10-17(15)25(22,23)20(3)4/h6-7,9-11H,5,8,12H2,1-4H3,(H,19,21). The summed E-state index contributed by atoms with van der Waals surface area (Å²) in [6.07, 6.45) is 1.99. The van der Waals surface area contributed by atoms with Crippen LogP contribution in [0.15, 0.2) is 35.2 Å². The van der Waals surface area contributed by atoms with Crippen LogP contribution in [-0.4, -0.2) is 32.7 Å². The molecule has 5 nitrogen and oxygen atoms in total. The van der Waals surface area contributed by atoms with Crippen molar-refractivity contribution in [3.63, 3.8) is 0 Å². The second kappa shape index (κ2) is 8.12. The number of hydrogen-bond acceptors (Lipinski definition) is 4. The van der Waals surface area contributed by atoms with Gasteiger partial charge >= 0.3 is 0 Å². The minimum Gasteiger partial charge on any atom is -0.347 e. The lowest BCUT2D eigenvalue weighted by Gasteiger charge is -2.15. The molecule has 7 heteroatoms. The summed E-state index contributed by atoms with van der Waals surface area (Å²) in [4.78, 5) is 14.5. The maximum Gasteiger partial charge on any atom is 0.261 e. The van der Waals surface area contributed by atoms with E-state index < -0.39 is 10.0 Å². The highest BCUT2D eigenvalue weighted by atomic mass is 32.2. The van der Waals surface area contributed by atoms with Gasteiger partial charge in [-0.1, -0.05) is 31.5 Å². The van der Waals surface area contributed by atoms with Gasteiger partial charge < -0.3 is 5.32 Å². The lowest BCUT2D eigenvalue weighted by atomic mass is 10.1. The zero-order chi connectivity index (χ0) is 18.6. The smallest absolute Gasteiger partial charge is 0.261 e. The molecule has 1 heterocycles. The van der Waals surface area contributed by atoms with E-state index in [0.717, 1.165) is 17.7 Å². The van der Waals surface area contributed by atoms with Crippen molar-refractivity contribution in [3.8, 4) is 0 Å². The summed E-state index contributed by atoms with van der Waals surface area (Å²) in [6, 6.07) is 8.66. The normalized spacial score (nSPS) is 11.7. The third-order valence-electron chi connectivity index (χ3n) is 3.93. The van der Waals surface area contributed by atoms with Crippen molar-refractivity contribution < 1.29 is 13.2 Å². The molecule has 25 heavy (non-hydrogen) atoms. The first-order chi connectivity index (χ1) is 11.8. The molecule has 1 amide bonds. The lowest BCUT2D eigenvalue weighted by molar-refractivity contribution is 0.0954. The maximum absolute atomic E-state index is 12.4. The molecule has 0 atom stereocenters. The minimum absolute atomic E-state index is 0.169. The minimum atomic E-state index is -3.55. The van der Waals surface area contributed by atoms with E-state index in [0.29, 0.717) is 10.4 Å². The van der Waals surface area contributed by atoms with E-state index in [4.69, 9.17) is 0 Å². The van der Waals surface area contributed by atoms with Gasteiger partial charge in [0.25, 0.3) is 5.91 Å². The zero-order valence-corrected chi connectivity index (χ0v) is 16.6. The maximum atomic E-state index is 12.4. The summed E-state index contributed by atoms with van der Waals surface area (Å²) in [5, 5.41) is 2.84. The van der Waals surface area contributed by atoms with Crippen molar-refractivity contribution in [1.82, 2.24) is 9.62 Å². The molecule has 136 valence electrons. The van der Waals surface area contributed by atoms with Crippen molar-refractivity contribution in [1.29, 1.82) is 0 Å². The molecular weight excluding hydrogens is 356 g/mol. The molecule has 0 saturated carbocycles. The molecule has 0 fully saturated rings. The van der Waals surface area contributed by atoms with Crippen molar-refractivity contribution in [2.45, 2.75) is 38.1 Å². The average molecular weight is 381 g/mol. The topological polar surface area (TPSA) is 66.5 Å². The van der Waals surface area contributed by atoms with Gasteiger partial charge in [0.1, 0.15) is 0 Å². The molecule has 0 bridgehead atoms. The van der Waals surface area contributed by atoms with E-state index in [9.17, 15) is 13.2 Å². The van der Waals surface area contributed by atoms with Gasteiger partial charge in [0.15, 0.2) is 0 Å². The Balaban J connectivity index is 2.17. The molecular formula is C18H24N2O3S2. The Morgan fingerprint density at radius 3 is 2.52 bits per heavy atom. The van der Waals surface area contributed by atoms with Crippen LogP contribution in [0.25, 0.3) is 0 Å². The largest absolute Gasteiger partial charge is 0.347 e. The first-order valence-corrected chi connectivity index (χ1v) is 10.4. The van der Waals surface area contributed by atoms with Crippen molar-refractivity contribution in [2.24, 2.45) is 0 Å². The van der Waals surface area contributed by atoms with Crippen LogP contribution in [0.3, 0.4) is 0 Å². The third kappa shape index (κ3) is 4.48. The monoisotopic (exact) mass is 380 g/mol. The number of rotatable bonds is 7. The van der Waals surface area contributed by atoms with Crippen molar-refractivity contribution in [3.05, 3.63) is 51.2 Å². The molecule has 2 rings (SSSR count). The van der Waals surface area contributed by atoms with Gasteiger partial charge in [-0.3, -0.25) is 4.79 Å². The number of carbonyl (C=O) groups is 1. The number of thiophene rings is 1. The number of nitrogens with one attached hydrogen (secondary N) is 1. The number of hydrogen-bond donors (Lipinski definition) is 1. The highest BCUT2D eigenvalue weighted by molar-refractivity contribution is 7.89. The van der Waals surface area contributed by atoms with Crippen LogP contribution in [0, 0.1) is 6.92 Å². The molecule has 0 radical (unpaired) electrons. The first-order valence-electron chi connectivity index (χ1n) is 8.15. The Hall–Kier alpha value is -1.70. The van der Waals surface area contributed by atoms with E-state index >= 15 is 0 Å². The van der Waals surface area contributed by atoms with Gasteiger partial charge in [0.2, 0.25) is 10.0 Å². The Labute approximate surface area is 153 Å². The zero-order valence-electron chi connectivity index (χ0n) is 15.0. The molecule has 0 aliphatic rings. The highest BCUT2D eigenvalue weighted by Crippen LogP contribution is 2.23. The lowest BCUT2D eigenvalue weighted by Crippen LogP contribution is -2.26. The summed E-state index contributed by atoms with van der Waals surface area (Å²) in [5.41, 5.74) is 1.78. The van der Waals surface area contributed by atoms with Crippen LogP contribution in [0.5, 0.6) is 0 Å². The fourth-order valence-corrected chi connectivity index (χ4v) is 4.61. The van der Waals surface area contributed by atoms with Gasteiger partial charge in [0.05, 0.1) is 9.77 Å². The fourth-order valence-electron chi connectivity index (χ4n) is 2.51.